The molecule has 1 atom stereocenters. The van der Waals surface area contributed by atoms with Gasteiger partial charge in [-0.25, -0.2) is 0 Å². The van der Waals surface area contributed by atoms with Crippen molar-refractivity contribution in [3.05, 3.63) is 17.0 Å². The first-order valence-corrected chi connectivity index (χ1v) is 8.00. The van der Waals surface area contributed by atoms with Crippen molar-refractivity contribution in [3.63, 3.8) is 0 Å². The number of rotatable bonds is 4. The standard InChI is InChI=1S/C15H26N6O/c1-11-14(12(2)22-19-11)9-18-15(16-3)17-8-13-10-20-4-6-21(13)7-5-20/h13H,4-10H2,1-3H3,(H2,16,17,18). The molecule has 0 radical (unpaired) electrons. The molecule has 122 valence electrons. The predicted molar refractivity (Wildman–Crippen MR) is 86.0 cm³/mol. The first-order chi connectivity index (χ1) is 10.7. The normalized spacial score (nSPS) is 28.0. The molecular formula is C15H26N6O. The summed E-state index contributed by atoms with van der Waals surface area (Å²) in [4.78, 5) is 9.43. The summed E-state index contributed by atoms with van der Waals surface area (Å²) in [5.74, 6) is 1.70. The van der Waals surface area contributed by atoms with Gasteiger partial charge in [-0.3, -0.25) is 14.8 Å². The molecule has 1 aromatic heterocycles. The average Bonchev–Trinajstić information content (AvgIpc) is 2.87. The Morgan fingerprint density at radius 2 is 2.05 bits per heavy atom. The van der Waals surface area contributed by atoms with Gasteiger partial charge in [0.15, 0.2) is 5.96 Å². The molecule has 4 rings (SSSR count). The second-order valence-corrected chi connectivity index (χ2v) is 6.10. The molecule has 1 aromatic rings. The molecule has 0 amide bonds. The lowest BCUT2D eigenvalue weighted by molar-refractivity contribution is 0.0154. The van der Waals surface area contributed by atoms with Crippen LogP contribution in [0.3, 0.4) is 0 Å². The van der Waals surface area contributed by atoms with Gasteiger partial charge in [0.25, 0.3) is 0 Å². The van der Waals surface area contributed by atoms with Crippen LogP contribution in [0.5, 0.6) is 0 Å². The van der Waals surface area contributed by atoms with Crippen molar-refractivity contribution in [1.29, 1.82) is 0 Å². The summed E-state index contributed by atoms with van der Waals surface area (Å²) in [6.07, 6.45) is 0. The van der Waals surface area contributed by atoms with Crippen LogP contribution >= 0.6 is 0 Å². The van der Waals surface area contributed by atoms with Crippen LogP contribution in [0, 0.1) is 13.8 Å². The average molecular weight is 306 g/mol. The van der Waals surface area contributed by atoms with E-state index >= 15 is 0 Å². The number of aryl methyl sites for hydroxylation is 2. The zero-order valence-electron chi connectivity index (χ0n) is 13.7. The molecule has 2 N–H and O–H groups in total. The number of aliphatic imine (C=N–C) groups is 1. The van der Waals surface area contributed by atoms with Crippen LogP contribution in [-0.4, -0.2) is 73.3 Å². The minimum atomic E-state index is 0.583. The number of piperazine rings is 3. The molecule has 7 heteroatoms. The molecule has 7 nitrogen and oxygen atoms in total. The van der Waals surface area contributed by atoms with E-state index in [1.165, 1.54) is 26.2 Å². The second kappa shape index (κ2) is 6.66. The van der Waals surface area contributed by atoms with Gasteiger partial charge in [0, 0.05) is 64.5 Å². The van der Waals surface area contributed by atoms with E-state index < -0.39 is 0 Å². The Morgan fingerprint density at radius 1 is 1.27 bits per heavy atom. The number of nitrogens with one attached hydrogen (secondary N) is 2. The Bertz CT molecular complexity index is 513. The van der Waals surface area contributed by atoms with E-state index in [9.17, 15) is 0 Å². The molecule has 3 aliphatic rings. The van der Waals surface area contributed by atoms with E-state index in [1.54, 1.807) is 7.05 Å². The van der Waals surface area contributed by atoms with Crippen molar-refractivity contribution in [1.82, 2.24) is 25.6 Å². The first-order valence-electron chi connectivity index (χ1n) is 8.00. The molecular weight excluding hydrogens is 280 g/mol. The SMILES string of the molecule is CN=C(NCc1c(C)noc1C)NCC1CN2CCN1CC2. The molecule has 3 saturated heterocycles. The zero-order valence-corrected chi connectivity index (χ0v) is 13.7. The fraction of sp³-hybridized carbons (Fsp3) is 0.733. The number of nitrogens with zero attached hydrogens (tertiary/aromatic N) is 4. The minimum absolute atomic E-state index is 0.583. The summed E-state index contributed by atoms with van der Waals surface area (Å²) in [6, 6.07) is 0.583. The minimum Gasteiger partial charge on any atom is -0.361 e. The Labute approximate surface area is 131 Å². The lowest BCUT2D eigenvalue weighted by atomic mass is 10.1. The maximum absolute atomic E-state index is 5.19. The van der Waals surface area contributed by atoms with Crippen LogP contribution < -0.4 is 10.6 Å². The monoisotopic (exact) mass is 306 g/mol. The summed E-state index contributed by atoms with van der Waals surface area (Å²) >= 11 is 0. The lowest BCUT2D eigenvalue weighted by Gasteiger charge is -2.47. The topological polar surface area (TPSA) is 68.9 Å². The lowest BCUT2D eigenvalue weighted by Crippen LogP contribution is -2.63. The van der Waals surface area contributed by atoms with Crippen LogP contribution in [0.2, 0.25) is 0 Å². The molecule has 3 aliphatic heterocycles. The molecule has 3 fully saturated rings. The van der Waals surface area contributed by atoms with Gasteiger partial charge < -0.3 is 15.2 Å². The molecule has 0 aromatic carbocycles. The summed E-state index contributed by atoms with van der Waals surface area (Å²) in [5.41, 5.74) is 2.04. The maximum atomic E-state index is 5.19. The first kappa shape index (κ1) is 15.3. The highest BCUT2D eigenvalue weighted by Crippen LogP contribution is 2.15. The smallest absolute Gasteiger partial charge is 0.191 e. The van der Waals surface area contributed by atoms with Gasteiger partial charge in [-0.05, 0) is 13.8 Å². The highest BCUT2D eigenvalue weighted by atomic mass is 16.5. The molecule has 22 heavy (non-hydrogen) atoms. The van der Waals surface area contributed by atoms with Crippen LogP contribution in [0.25, 0.3) is 0 Å². The van der Waals surface area contributed by atoms with E-state index in [4.69, 9.17) is 4.52 Å². The van der Waals surface area contributed by atoms with Gasteiger partial charge in [0.1, 0.15) is 5.76 Å². The van der Waals surface area contributed by atoms with Gasteiger partial charge in [-0.15, -0.1) is 0 Å². The van der Waals surface area contributed by atoms with Gasteiger partial charge in [-0.2, -0.15) is 0 Å². The van der Waals surface area contributed by atoms with Crippen molar-refractivity contribution in [2.75, 3.05) is 46.3 Å². The van der Waals surface area contributed by atoms with E-state index in [0.29, 0.717) is 12.6 Å². The van der Waals surface area contributed by atoms with E-state index in [-0.39, 0.29) is 0 Å². The fourth-order valence-corrected chi connectivity index (χ4v) is 3.28. The quantitative estimate of drug-likeness (QED) is 0.601. The number of hydrogen-bond acceptors (Lipinski definition) is 5. The zero-order chi connectivity index (χ0) is 15.5. The van der Waals surface area contributed by atoms with Crippen molar-refractivity contribution < 1.29 is 4.52 Å². The summed E-state index contributed by atoms with van der Waals surface area (Å²) in [5, 5.41) is 10.8. The molecule has 0 saturated carbocycles. The van der Waals surface area contributed by atoms with Crippen LogP contribution in [0.4, 0.5) is 0 Å². The molecule has 0 aliphatic carbocycles. The third-order valence-corrected chi connectivity index (χ3v) is 4.73. The van der Waals surface area contributed by atoms with Crippen molar-refractivity contribution in [2.24, 2.45) is 4.99 Å². The number of aromatic nitrogens is 1. The van der Waals surface area contributed by atoms with Crippen LogP contribution in [0.1, 0.15) is 17.0 Å². The van der Waals surface area contributed by atoms with E-state index in [0.717, 1.165) is 36.1 Å². The maximum Gasteiger partial charge on any atom is 0.191 e. The van der Waals surface area contributed by atoms with Crippen molar-refractivity contribution in [3.8, 4) is 0 Å². The third kappa shape index (κ3) is 3.25. The largest absolute Gasteiger partial charge is 0.361 e. The number of guanidine groups is 1. The van der Waals surface area contributed by atoms with Gasteiger partial charge in [0.2, 0.25) is 0 Å². The molecule has 0 spiro atoms. The van der Waals surface area contributed by atoms with Crippen molar-refractivity contribution >= 4 is 5.96 Å². The Kier molecular flexibility index (Phi) is 4.63. The van der Waals surface area contributed by atoms with Crippen LogP contribution in [-0.2, 0) is 6.54 Å². The highest BCUT2D eigenvalue weighted by Gasteiger charge is 2.31. The Balaban J connectivity index is 1.48. The number of hydrogen-bond donors (Lipinski definition) is 2. The third-order valence-electron chi connectivity index (χ3n) is 4.73. The number of fused-ring (bicyclic) bond motifs is 3. The molecule has 4 heterocycles. The summed E-state index contributed by atoms with van der Waals surface area (Å²) < 4.78 is 5.19. The molecule has 1 unspecified atom stereocenters. The highest BCUT2D eigenvalue weighted by molar-refractivity contribution is 5.79. The predicted octanol–water partition coefficient (Wildman–Crippen LogP) is -0.0438. The Hall–Kier alpha value is -1.60. The van der Waals surface area contributed by atoms with Crippen molar-refractivity contribution in [2.45, 2.75) is 26.4 Å². The Morgan fingerprint density at radius 3 is 2.59 bits per heavy atom. The van der Waals surface area contributed by atoms with Gasteiger partial charge in [0.05, 0.1) is 5.69 Å². The molecule has 2 bridgehead atoms. The van der Waals surface area contributed by atoms with Gasteiger partial charge in [-0.1, -0.05) is 5.16 Å². The summed E-state index contributed by atoms with van der Waals surface area (Å²) in [6.45, 7) is 11.5. The van der Waals surface area contributed by atoms with E-state index in [2.05, 4.69) is 30.6 Å². The van der Waals surface area contributed by atoms with Gasteiger partial charge >= 0.3 is 0 Å². The second-order valence-electron chi connectivity index (χ2n) is 6.10. The fourth-order valence-electron chi connectivity index (χ4n) is 3.28. The van der Waals surface area contributed by atoms with E-state index in [1.807, 2.05) is 13.8 Å². The summed E-state index contributed by atoms with van der Waals surface area (Å²) in [7, 11) is 1.81. The van der Waals surface area contributed by atoms with Crippen LogP contribution in [0.15, 0.2) is 9.52 Å².